The molecule has 190 valence electrons. The van der Waals surface area contributed by atoms with Crippen LogP contribution in [0.4, 0.5) is 0 Å². The van der Waals surface area contributed by atoms with Gasteiger partial charge in [0, 0.05) is 44.0 Å². The molecule has 1 atom stereocenters. The van der Waals surface area contributed by atoms with Gasteiger partial charge in [-0.2, -0.15) is 0 Å². The number of amides is 2. The molecule has 36 heavy (non-hydrogen) atoms. The van der Waals surface area contributed by atoms with Crippen LogP contribution in [-0.2, 0) is 33.8 Å². The number of nitrogens with two attached hydrogens (primary N) is 1. The molecule has 1 aliphatic heterocycles. The molecule has 9 heteroatoms. The highest BCUT2D eigenvalue weighted by Gasteiger charge is 2.36. The second-order valence-electron chi connectivity index (χ2n) is 8.54. The minimum atomic E-state index is -0.695. The van der Waals surface area contributed by atoms with Gasteiger partial charge < -0.3 is 30.8 Å². The maximum atomic E-state index is 13.1. The second kappa shape index (κ2) is 12.5. The first-order chi connectivity index (χ1) is 17.4. The van der Waals surface area contributed by atoms with Crippen LogP contribution in [0, 0.1) is 0 Å². The largest absolute Gasteiger partial charge is 0.465 e. The smallest absolute Gasteiger partial charge is 0.337 e. The number of methoxy groups -OCH3 is 1. The van der Waals surface area contributed by atoms with Crippen LogP contribution in [-0.4, -0.2) is 49.2 Å². The van der Waals surface area contributed by atoms with Crippen LogP contribution in [0.5, 0.6) is 0 Å². The Morgan fingerprint density at radius 1 is 1.22 bits per heavy atom. The van der Waals surface area contributed by atoms with E-state index in [2.05, 4.69) is 10.6 Å². The molecule has 0 radical (unpaired) electrons. The number of likely N-dealkylation sites (N-methyl/N-ethyl adjacent to an activating group) is 1. The number of ether oxygens (including phenoxy) is 1. The summed E-state index contributed by atoms with van der Waals surface area (Å²) >= 11 is 0. The van der Waals surface area contributed by atoms with Crippen molar-refractivity contribution in [3.8, 4) is 0 Å². The number of fused-ring (bicyclic) bond motifs is 1. The first-order valence-electron chi connectivity index (χ1n) is 11.8. The average Bonchev–Trinajstić information content (AvgIpc) is 3.23. The molecule has 0 saturated heterocycles. The van der Waals surface area contributed by atoms with Crippen molar-refractivity contribution in [2.45, 2.75) is 44.8 Å². The zero-order valence-corrected chi connectivity index (χ0v) is 20.6. The standard InChI is InChI=1S/C27H32N4O5/c1-29-25(33)24(10-5-13-32)31-17-23-19(7-4-9-22(23)26(31)34)11-12-21(28)16-30-15-18-6-3-8-20(14-18)27(35)36-2/h3-4,6-9,13-14,16,24,30H,5,10-12,15,17,28H2,1-2H3,(H,29,33)/b21-16-. The number of benzene rings is 2. The fourth-order valence-corrected chi connectivity index (χ4v) is 4.30. The van der Waals surface area contributed by atoms with Crippen LogP contribution in [0.1, 0.15) is 56.7 Å². The predicted octanol–water partition coefficient (Wildman–Crippen LogP) is 2.05. The molecule has 0 saturated carbocycles. The summed E-state index contributed by atoms with van der Waals surface area (Å²) in [6, 6.07) is 12.0. The van der Waals surface area contributed by atoms with Crippen LogP contribution in [0.25, 0.3) is 0 Å². The fourth-order valence-electron chi connectivity index (χ4n) is 4.30. The highest BCUT2D eigenvalue weighted by atomic mass is 16.5. The van der Waals surface area contributed by atoms with Crippen molar-refractivity contribution in [3.63, 3.8) is 0 Å². The topological polar surface area (TPSA) is 131 Å². The Labute approximate surface area is 210 Å². The van der Waals surface area contributed by atoms with Gasteiger partial charge in [0.15, 0.2) is 0 Å². The number of aryl methyl sites for hydroxylation is 1. The minimum Gasteiger partial charge on any atom is -0.465 e. The van der Waals surface area contributed by atoms with E-state index in [0.717, 1.165) is 23.0 Å². The van der Waals surface area contributed by atoms with E-state index in [0.29, 0.717) is 42.8 Å². The van der Waals surface area contributed by atoms with Crippen LogP contribution in [0.3, 0.4) is 0 Å². The van der Waals surface area contributed by atoms with Gasteiger partial charge in [-0.05, 0) is 54.2 Å². The van der Waals surface area contributed by atoms with Crippen molar-refractivity contribution in [1.29, 1.82) is 0 Å². The summed E-state index contributed by atoms with van der Waals surface area (Å²) in [5.41, 5.74) is 10.7. The number of nitrogens with zero attached hydrogens (tertiary/aromatic N) is 1. The molecule has 0 aromatic heterocycles. The lowest BCUT2D eigenvalue weighted by atomic mass is 9.99. The molecule has 1 aliphatic rings. The number of hydrogen-bond acceptors (Lipinski definition) is 7. The number of carbonyl (C=O) groups is 4. The number of carbonyl (C=O) groups excluding carboxylic acids is 4. The third kappa shape index (κ3) is 6.29. The molecule has 0 aliphatic carbocycles. The lowest BCUT2D eigenvalue weighted by Gasteiger charge is -2.25. The van der Waals surface area contributed by atoms with E-state index in [-0.39, 0.29) is 30.6 Å². The van der Waals surface area contributed by atoms with Crippen molar-refractivity contribution in [3.05, 3.63) is 82.2 Å². The average molecular weight is 493 g/mol. The van der Waals surface area contributed by atoms with Gasteiger partial charge >= 0.3 is 5.97 Å². The van der Waals surface area contributed by atoms with Crippen LogP contribution >= 0.6 is 0 Å². The molecule has 4 N–H and O–H groups in total. The monoisotopic (exact) mass is 492 g/mol. The van der Waals surface area contributed by atoms with Crippen molar-refractivity contribution in [2.75, 3.05) is 14.2 Å². The van der Waals surface area contributed by atoms with Crippen molar-refractivity contribution < 1.29 is 23.9 Å². The first kappa shape index (κ1) is 26.5. The quantitative estimate of drug-likeness (QED) is 0.305. The number of allylic oxidation sites excluding steroid dienone is 1. The van der Waals surface area contributed by atoms with E-state index in [1.807, 2.05) is 18.2 Å². The van der Waals surface area contributed by atoms with Gasteiger partial charge in [0.1, 0.15) is 12.3 Å². The SMILES string of the molecule is CNC(=O)C(CCC=O)N1Cc2c(CC/C(N)=C/NCc3cccc(C(=O)OC)c3)cccc2C1=O. The van der Waals surface area contributed by atoms with Gasteiger partial charge in [-0.25, -0.2) is 4.79 Å². The Kier molecular flexibility index (Phi) is 9.21. The van der Waals surface area contributed by atoms with E-state index in [1.54, 1.807) is 35.4 Å². The van der Waals surface area contributed by atoms with Crippen molar-refractivity contribution in [1.82, 2.24) is 15.5 Å². The normalized spacial score (nSPS) is 13.7. The van der Waals surface area contributed by atoms with Gasteiger partial charge in [-0.3, -0.25) is 9.59 Å². The molecular weight excluding hydrogens is 460 g/mol. The molecule has 1 heterocycles. The molecule has 0 fully saturated rings. The zero-order valence-electron chi connectivity index (χ0n) is 20.6. The predicted molar refractivity (Wildman–Crippen MR) is 135 cm³/mol. The summed E-state index contributed by atoms with van der Waals surface area (Å²) in [6.45, 7) is 0.817. The van der Waals surface area contributed by atoms with Gasteiger partial charge in [0.05, 0.1) is 12.7 Å². The molecule has 2 aromatic rings. The first-order valence-corrected chi connectivity index (χ1v) is 11.8. The maximum absolute atomic E-state index is 13.1. The molecule has 1 unspecified atom stereocenters. The van der Waals surface area contributed by atoms with E-state index in [1.165, 1.54) is 14.2 Å². The summed E-state index contributed by atoms with van der Waals surface area (Å²) in [7, 11) is 2.87. The third-order valence-corrected chi connectivity index (χ3v) is 6.20. The number of rotatable bonds is 12. The molecule has 0 spiro atoms. The summed E-state index contributed by atoms with van der Waals surface area (Å²) < 4.78 is 4.75. The van der Waals surface area contributed by atoms with Crippen LogP contribution in [0.15, 0.2) is 54.4 Å². The Morgan fingerprint density at radius 2 is 2.00 bits per heavy atom. The summed E-state index contributed by atoms with van der Waals surface area (Å²) in [4.78, 5) is 49.6. The Morgan fingerprint density at radius 3 is 2.72 bits per heavy atom. The van der Waals surface area contributed by atoms with E-state index in [9.17, 15) is 19.2 Å². The summed E-state index contributed by atoms with van der Waals surface area (Å²) in [6.07, 6.45) is 4.18. The number of hydrogen-bond donors (Lipinski definition) is 3. The van der Waals surface area contributed by atoms with Gasteiger partial charge in [0.25, 0.3) is 5.91 Å². The maximum Gasteiger partial charge on any atom is 0.337 e. The summed E-state index contributed by atoms with van der Waals surface area (Å²) in [5, 5.41) is 5.76. The minimum absolute atomic E-state index is 0.201. The fraction of sp³-hybridized carbons (Fsp3) is 0.333. The van der Waals surface area contributed by atoms with E-state index in [4.69, 9.17) is 10.5 Å². The van der Waals surface area contributed by atoms with E-state index < -0.39 is 6.04 Å². The van der Waals surface area contributed by atoms with Gasteiger partial charge in [-0.1, -0.05) is 24.3 Å². The van der Waals surface area contributed by atoms with Crippen molar-refractivity contribution in [2.24, 2.45) is 5.73 Å². The number of esters is 1. The van der Waals surface area contributed by atoms with Gasteiger partial charge in [0.2, 0.25) is 5.91 Å². The zero-order chi connectivity index (χ0) is 26.1. The van der Waals surface area contributed by atoms with E-state index >= 15 is 0 Å². The Hall–Kier alpha value is -4.14. The third-order valence-electron chi connectivity index (χ3n) is 6.20. The highest BCUT2D eigenvalue weighted by Crippen LogP contribution is 2.29. The van der Waals surface area contributed by atoms with Crippen LogP contribution < -0.4 is 16.4 Å². The highest BCUT2D eigenvalue weighted by molar-refractivity contribution is 6.01. The molecule has 0 bridgehead atoms. The lowest BCUT2D eigenvalue weighted by Crippen LogP contribution is -2.46. The lowest BCUT2D eigenvalue weighted by molar-refractivity contribution is -0.125. The molecular formula is C27H32N4O5. The molecule has 2 amide bonds. The Balaban J connectivity index is 1.63. The number of nitrogens with one attached hydrogen (secondary N) is 2. The number of aldehydes is 1. The summed E-state index contributed by atoms with van der Waals surface area (Å²) in [5.74, 6) is -0.870. The van der Waals surface area contributed by atoms with Crippen LogP contribution in [0.2, 0.25) is 0 Å². The second-order valence-corrected chi connectivity index (χ2v) is 8.54. The van der Waals surface area contributed by atoms with Gasteiger partial charge in [-0.15, -0.1) is 0 Å². The van der Waals surface area contributed by atoms with Crippen molar-refractivity contribution >= 4 is 24.1 Å². The molecule has 3 rings (SSSR count). The molecule has 2 aromatic carbocycles. The molecule has 9 nitrogen and oxygen atoms in total. The Bertz CT molecular complexity index is 1160.